The molecule has 6 heteroatoms. The molecule has 120 valence electrons. The number of alkyl halides is 3. The fourth-order valence-corrected chi connectivity index (χ4v) is 2.01. The quantitative estimate of drug-likeness (QED) is 0.797. The van der Waals surface area contributed by atoms with Crippen LogP contribution in [0.25, 0.3) is 0 Å². The van der Waals surface area contributed by atoms with E-state index in [0.29, 0.717) is 0 Å². The molecule has 0 radical (unpaired) electrons. The third-order valence-corrected chi connectivity index (χ3v) is 3.37. The van der Waals surface area contributed by atoms with Gasteiger partial charge in [-0.15, -0.1) is 13.2 Å². The predicted molar refractivity (Wildman–Crippen MR) is 75.4 cm³/mol. The minimum Gasteiger partial charge on any atom is -0.406 e. The Bertz CT molecular complexity index is 406. The molecule has 2 atom stereocenters. The van der Waals surface area contributed by atoms with Crippen LogP contribution in [0.15, 0.2) is 24.3 Å². The predicted octanol–water partition coefficient (Wildman–Crippen LogP) is 3.53. The molecule has 0 aliphatic rings. The second kappa shape index (κ2) is 8.24. The largest absolute Gasteiger partial charge is 0.573 e. The Kier molecular flexibility index (Phi) is 6.98. The summed E-state index contributed by atoms with van der Waals surface area (Å²) < 4.78 is 45.3. The van der Waals surface area contributed by atoms with E-state index in [1.54, 1.807) is 19.2 Å². The molecule has 0 aromatic heterocycles. The number of nitrogens with one attached hydrogen (secondary N) is 1. The number of hydrogen-bond acceptors (Lipinski definition) is 3. The lowest BCUT2D eigenvalue weighted by molar-refractivity contribution is -0.274. The summed E-state index contributed by atoms with van der Waals surface area (Å²) in [5.74, 6) is -0.194. The molecule has 0 fully saturated rings. The average molecular weight is 305 g/mol. The third kappa shape index (κ3) is 7.34. The first-order valence-electron chi connectivity index (χ1n) is 6.88. The van der Waals surface area contributed by atoms with Crippen LogP contribution in [-0.2, 0) is 11.2 Å². The molecule has 21 heavy (non-hydrogen) atoms. The lowest BCUT2D eigenvalue weighted by atomic mass is 10.0. The SMILES string of the molecule is CNC(CCC(C)OC)Cc1ccc(OC(F)(F)F)cc1. The van der Waals surface area contributed by atoms with E-state index in [-0.39, 0.29) is 17.9 Å². The molecule has 1 aromatic rings. The Hall–Kier alpha value is -1.27. The van der Waals surface area contributed by atoms with Gasteiger partial charge in [-0.25, -0.2) is 0 Å². The highest BCUT2D eigenvalue weighted by Crippen LogP contribution is 2.23. The molecule has 0 heterocycles. The van der Waals surface area contributed by atoms with Crippen LogP contribution in [0.1, 0.15) is 25.3 Å². The van der Waals surface area contributed by atoms with Gasteiger partial charge in [0.15, 0.2) is 0 Å². The topological polar surface area (TPSA) is 30.5 Å². The van der Waals surface area contributed by atoms with Gasteiger partial charge in [0.2, 0.25) is 0 Å². The van der Waals surface area contributed by atoms with Gasteiger partial charge in [-0.3, -0.25) is 0 Å². The maximum absolute atomic E-state index is 12.1. The van der Waals surface area contributed by atoms with E-state index in [9.17, 15) is 13.2 Å². The number of hydrogen-bond donors (Lipinski definition) is 1. The number of rotatable bonds is 8. The maximum Gasteiger partial charge on any atom is 0.573 e. The zero-order valence-corrected chi connectivity index (χ0v) is 12.5. The molecule has 2 unspecified atom stereocenters. The van der Waals surface area contributed by atoms with Crippen LogP contribution in [0.4, 0.5) is 13.2 Å². The van der Waals surface area contributed by atoms with Crippen molar-refractivity contribution in [1.29, 1.82) is 0 Å². The molecule has 0 bridgehead atoms. The summed E-state index contributed by atoms with van der Waals surface area (Å²) in [6.45, 7) is 2.01. The van der Waals surface area contributed by atoms with Crippen molar-refractivity contribution in [2.24, 2.45) is 0 Å². The lowest BCUT2D eigenvalue weighted by Crippen LogP contribution is -2.28. The highest BCUT2D eigenvalue weighted by atomic mass is 19.4. The second-order valence-corrected chi connectivity index (χ2v) is 5.01. The molecule has 0 saturated carbocycles. The number of likely N-dealkylation sites (N-methyl/N-ethyl adjacent to an activating group) is 1. The van der Waals surface area contributed by atoms with Crippen LogP contribution in [0.2, 0.25) is 0 Å². The third-order valence-electron chi connectivity index (χ3n) is 3.37. The number of benzene rings is 1. The van der Waals surface area contributed by atoms with E-state index in [1.807, 2.05) is 14.0 Å². The molecule has 1 aromatic carbocycles. The number of ether oxygens (including phenoxy) is 2. The van der Waals surface area contributed by atoms with Crippen molar-refractivity contribution in [3.05, 3.63) is 29.8 Å². The summed E-state index contributed by atoms with van der Waals surface area (Å²) in [5.41, 5.74) is 0.967. The van der Waals surface area contributed by atoms with E-state index < -0.39 is 6.36 Å². The summed E-state index contributed by atoms with van der Waals surface area (Å²) in [5, 5.41) is 3.22. The van der Waals surface area contributed by atoms with Crippen molar-refractivity contribution < 1.29 is 22.6 Å². The highest BCUT2D eigenvalue weighted by molar-refractivity contribution is 5.28. The molecule has 0 spiro atoms. The van der Waals surface area contributed by atoms with Crippen molar-refractivity contribution in [1.82, 2.24) is 5.32 Å². The van der Waals surface area contributed by atoms with E-state index in [1.165, 1.54) is 12.1 Å². The first-order chi connectivity index (χ1) is 9.84. The van der Waals surface area contributed by atoms with Crippen LogP contribution >= 0.6 is 0 Å². The Morgan fingerprint density at radius 3 is 2.24 bits per heavy atom. The molecular formula is C15H22F3NO2. The van der Waals surface area contributed by atoms with Gasteiger partial charge in [0.25, 0.3) is 0 Å². The van der Waals surface area contributed by atoms with Crippen molar-refractivity contribution in [2.45, 2.75) is 44.7 Å². The van der Waals surface area contributed by atoms with Crippen LogP contribution < -0.4 is 10.1 Å². The van der Waals surface area contributed by atoms with E-state index in [2.05, 4.69) is 10.1 Å². The molecule has 0 aliphatic heterocycles. The van der Waals surface area contributed by atoms with Gasteiger partial charge in [-0.1, -0.05) is 12.1 Å². The Balaban J connectivity index is 2.53. The van der Waals surface area contributed by atoms with Gasteiger partial charge in [0.05, 0.1) is 6.10 Å². The number of methoxy groups -OCH3 is 1. The minimum absolute atomic E-state index is 0.194. The van der Waals surface area contributed by atoms with Crippen LogP contribution in [-0.4, -0.2) is 32.7 Å². The van der Waals surface area contributed by atoms with E-state index >= 15 is 0 Å². The van der Waals surface area contributed by atoms with Gasteiger partial charge < -0.3 is 14.8 Å². The van der Waals surface area contributed by atoms with Crippen LogP contribution in [0, 0.1) is 0 Å². The lowest BCUT2D eigenvalue weighted by Gasteiger charge is -2.18. The molecule has 0 aliphatic carbocycles. The van der Waals surface area contributed by atoms with Crippen molar-refractivity contribution >= 4 is 0 Å². The van der Waals surface area contributed by atoms with Crippen molar-refractivity contribution in [3.63, 3.8) is 0 Å². The zero-order valence-electron chi connectivity index (χ0n) is 12.5. The number of halogens is 3. The Morgan fingerprint density at radius 2 is 1.76 bits per heavy atom. The minimum atomic E-state index is -4.65. The van der Waals surface area contributed by atoms with Crippen LogP contribution in [0.5, 0.6) is 5.75 Å². The first-order valence-corrected chi connectivity index (χ1v) is 6.88. The molecule has 0 saturated heterocycles. The normalized spacial score (nSPS) is 14.8. The average Bonchev–Trinajstić information content (AvgIpc) is 2.43. The maximum atomic E-state index is 12.1. The molecule has 1 N–H and O–H groups in total. The fraction of sp³-hybridized carbons (Fsp3) is 0.600. The fourth-order valence-electron chi connectivity index (χ4n) is 2.01. The van der Waals surface area contributed by atoms with Gasteiger partial charge in [0, 0.05) is 13.2 Å². The summed E-state index contributed by atoms with van der Waals surface area (Å²) in [4.78, 5) is 0. The van der Waals surface area contributed by atoms with Crippen LogP contribution in [0.3, 0.4) is 0 Å². The van der Waals surface area contributed by atoms with Gasteiger partial charge in [-0.05, 0) is 50.9 Å². The Labute approximate surface area is 123 Å². The summed E-state index contributed by atoms with van der Waals surface area (Å²) in [6.07, 6.45) is -1.84. The molecule has 0 amide bonds. The molecule has 1 rings (SSSR count). The van der Waals surface area contributed by atoms with E-state index in [4.69, 9.17) is 4.74 Å². The molecular weight excluding hydrogens is 283 g/mol. The summed E-state index contributed by atoms with van der Waals surface area (Å²) in [6, 6.07) is 6.26. The monoisotopic (exact) mass is 305 g/mol. The van der Waals surface area contributed by atoms with Gasteiger partial charge in [0.1, 0.15) is 5.75 Å². The second-order valence-electron chi connectivity index (χ2n) is 5.01. The zero-order chi connectivity index (χ0) is 15.9. The smallest absolute Gasteiger partial charge is 0.406 e. The first kappa shape index (κ1) is 17.8. The van der Waals surface area contributed by atoms with Crippen molar-refractivity contribution in [2.75, 3.05) is 14.2 Å². The summed E-state index contributed by atoms with van der Waals surface area (Å²) >= 11 is 0. The Morgan fingerprint density at radius 1 is 1.14 bits per heavy atom. The summed E-state index contributed by atoms with van der Waals surface area (Å²) in [7, 11) is 3.56. The van der Waals surface area contributed by atoms with E-state index in [0.717, 1.165) is 24.8 Å². The highest BCUT2D eigenvalue weighted by Gasteiger charge is 2.30. The standard InChI is InChI=1S/C15H22F3NO2/c1-11(20-3)4-7-13(19-2)10-12-5-8-14(9-6-12)21-15(16,17)18/h5-6,8-9,11,13,19H,4,7,10H2,1-3H3. The molecule has 3 nitrogen and oxygen atoms in total. The van der Waals surface area contributed by atoms with Gasteiger partial charge in [-0.2, -0.15) is 0 Å². The van der Waals surface area contributed by atoms with Crippen molar-refractivity contribution in [3.8, 4) is 5.75 Å². The van der Waals surface area contributed by atoms with Gasteiger partial charge >= 0.3 is 6.36 Å².